The summed E-state index contributed by atoms with van der Waals surface area (Å²) in [5.74, 6) is 1.78. The molecule has 1 aliphatic heterocycles. The number of benzene rings is 1. The first-order valence-electron chi connectivity index (χ1n) is 8.35. The number of ether oxygens (including phenoxy) is 1. The van der Waals surface area contributed by atoms with Gasteiger partial charge in [-0.25, -0.2) is 9.67 Å². The molecule has 0 aliphatic carbocycles. The highest BCUT2D eigenvalue weighted by atomic mass is 16.5. The van der Waals surface area contributed by atoms with E-state index in [4.69, 9.17) is 4.74 Å². The second-order valence-corrected chi connectivity index (χ2v) is 6.33. The van der Waals surface area contributed by atoms with Crippen LogP contribution in [-0.2, 0) is 11.3 Å². The number of piperidine rings is 1. The third-order valence-electron chi connectivity index (χ3n) is 4.45. The number of hydrogen-bond donors (Lipinski definition) is 0. The van der Waals surface area contributed by atoms with E-state index < -0.39 is 0 Å². The van der Waals surface area contributed by atoms with Crippen LogP contribution in [0.5, 0.6) is 0 Å². The second kappa shape index (κ2) is 7.13. The molecule has 2 aromatic rings. The minimum atomic E-state index is 0.0816. The Morgan fingerprint density at radius 2 is 2.04 bits per heavy atom. The zero-order valence-electron chi connectivity index (χ0n) is 14.5. The predicted octanol–water partition coefficient (Wildman–Crippen LogP) is 2.52. The monoisotopic (exact) mass is 328 g/mol. The maximum Gasteiger partial charge on any atom is 0.253 e. The summed E-state index contributed by atoms with van der Waals surface area (Å²) in [5.41, 5.74) is 1.79. The maximum absolute atomic E-state index is 12.8. The lowest BCUT2D eigenvalue weighted by molar-refractivity contribution is 0.0671. The fraction of sp³-hybridized carbons (Fsp3) is 0.500. The third-order valence-corrected chi connectivity index (χ3v) is 4.45. The zero-order valence-corrected chi connectivity index (χ0v) is 14.5. The number of nitrogens with zero attached hydrogens (tertiary/aromatic N) is 4. The number of amides is 1. The van der Waals surface area contributed by atoms with Gasteiger partial charge in [0.1, 0.15) is 11.6 Å². The molecule has 1 saturated heterocycles. The molecule has 0 radical (unpaired) electrons. The molecule has 0 bridgehead atoms. The van der Waals surface area contributed by atoms with Gasteiger partial charge in [-0.05, 0) is 44.4 Å². The van der Waals surface area contributed by atoms with Crippen LogP contribution in [0.2, 0.25) is 0 Å². The Balaban J connectivity index is 1.72. The van der Waals surface area contributed by atoms with Crippen molar-refractivity contribution in [3.05, 3.63) is 47.0 Å². The van der Waals surface area contributed by atoms with Crippen LogP contribution in [0.25, 0.3) is 0 Å². The minimum Gasteiger partial charge on any atom is -0.380 e. The summed E-state index contributed by atoms with van der Waals surface area (Å²) in [6.45, 7) is 5.90. The smallest absolute Gasteiger partial charge is 0.253 e. The van der Waals surface area contributed by atoms with E-state index in [0.29, 0.717) is 13.2 Å². The molecule has 1 aromatic heterocycles. The second-order valence-electron chi connectivity index (χ2n) is 6.33. The van der Waals surface area contributed by atoms with Gasteiger partial charge in [0.25, 0.3) is 5.91 Å². The van der Waals surface area contributed by atoms with Gasteiger partial charge in [0, 0.05) is 25.8 Å². The number of methoxy groups -OCH3 is 1. The van der Waals surface area contributed by atoms with Crippen LogP contribution in [0.3, 0.4) is 0 Å². The molecular weight excluding hydrogens is 304 g/mol. The largest absolute Gasteiger partial charge is 0.380 e. The van der Waals surface area contributed by atoms with Gasteiger partial charge < -0.3 is 9.64 Å². The molecule has 1 atom stereocenters. The van der Waals surface area contributed by atoms with Gasteiger partial charge in [0.05, 0.1) is 12.6 Å². The van der Waals surface area contributed by atoms with Gasteiger partial charge >= 0.3 is 0 Å². The first kappa shape index (κ1) is 16.6. The first-order valence-corrected chi connectivity index (χ1v) is 8.35. The average Bonchev–Trinajstić information content (AvgIpc) is 2.94. The Kier molecular flexibility index (Phi) is 4.94. The number of aromatic nitrogens is 3. The molecule has 1 aromatic carbocycles. The van der Waals surface area contributed by atoms with Crippen LogP contribution in [0.4, 0.5) is 0 Å². The number of carbonyl (C=O) groups is 1. The maximum atomic E-state index is 12.8. The zero-order chi connectivity index (χ0) is 17.1. The molecule has 128 valence electrons. The highest BCUT2D eigenvalue weighted by Gasteiger charge is 2.27. The van der Waals surface area contributed by atoms with Crippen LogP contribution in [0.1, 0.15) is 46.5 Å². The van der Waals surface area contributed by atoms with E-state index in [1.807, 2.05) is 47.7 Å². The van der Waals surface area contributed by atoms with E-state index in [2.05, 4.69) is 10.1 Å². The van der Waals surface area contributed by atoms with Crippen molar-refractivity contribution in [1.29, 1.82) is 0 Å². The summed E-state index contributed by atoms with van der Waals surface area (Å²) in [5, 5.41) is 4.49. The van der Waals surface area contributed by atoms with Crippen LogP contribution in [-0.4, -0.2) is 45.8 Å². The van der Waals surface area contributed by atoms with Crippen molar-refractivity contribution in [2.75, 3.05) is 20.2 Å². The van der Waals surface area contributed by atoms with E-state index in [0.717, 1.165) is 42.2 Å². The molecule has 1 fully saturated rings. The SMILES string of the molecule is COCc1ccc(C(=O)N2CCC[C@@H](n3nc(C)nc3C)C2)cc1. The van der Waals surface area contributed by atoms with E-state index in [1.165, 1.54) is 0 Å². The van der Waals surface area contributed by atoms with Gasteiger partial charge in [-0.15, -0.1) is 0 Å². The van der Waals surface area contributed by atoms with Crippen LogP contribution < -0.4 is 0 Å². The normalized spacial score (nSPS) is 18.0. The predicted molar refractivity (Wildman–Crippen MR) is 90.8 cm³/mol. The lowest BCUT2D eigenvalue weighted by atomic mass is 10.0. The van der Waals surface area contributed by atoms with Gasteiger partial charge in [-0.1, -0.05) is 12.1 Å². The molecule has 1 aliphatic rings. The fourth-order valence-corrected chi connectivity index (χ4v) is 3.31. The van der Waals surface area contributed by atoms with Crippen molar-refractivity contribution in [3.8, 4) is 0 Å². The van der Waals surface area contributed by atoms with Crippen molar-refractivity contribution >= 4 is 5.91 Å². The highest BCUT2D eigenvalue weighted by molar-refractivity contribution is 5.94. The van der Waals surface area contributed by atoms with Gasteiger partial charge in [0.2, 0.25) is 0 Å². The lowest BCUT2D eigenvalue weighted by Gasteiger charge is -2.33. The Morgan fingerprint density at radius 1 is 1.29 bits per heavy atom. The molecule has 0 N–H and O–H groups in total. The van der Waals surface area contributed by atoms with Crippen molar-refractivity contribution in [1.82, 2.24) is 19.7 Å². The molecule has 0 unspecified atom stereocenters. The van der Waals surface area contributed by atoms with E-state index in [9.17, 15) is 4.79 Å². The molecule has 1 amide bonds. The van der Waals surface area contributed by atoms with Gasteiger partial charge in [-0.2, -0.15) is 5.10 Å². The van der Waals surface area contributed by atoms with Crippen LogP contribution >= 0.6 is 0 Å². The fourth-order valence-electron chi connectivity index (χ4n) is 3.31. The highest BCUT2D eigenvalue weighted by Crippen LogP contribution is 2.23. The van der Waals surface area contributed by atoms with Crippen LogP contribution in [0.15, 0.2) is 24.3 Å². The molecule has 6 heteroatoms. The Morgan fingerprint density at radius 3 is 2.67 bits per heavy atom. The molecule has 0 saturated carbocycles. The molecular formula is C18H24N4O2. The van der Waals surface area contributed by atoms with Crippen molar-refractivity contribution < 1.29 is 9.53 Å². The molecule has 24 heavy (non-hydrogen) atoms. The number of carbonyl (C=O) groups excluding carboxylic acids is 1. The topological polar surface area (TPSA) is 60.2 Å². The van der Waals surface area contributed by atoms with E-state index >= 15 is 0 Å². The molecule has 6 nitrogen and oxygen atoms in total. The molecule has 3 rings (SSSR count). The summed E-state index contributed by atoms with van der Waals surface area (Å²) in [6.07, 6.45) is 2.01. The Bertz CT molecular complexity index is 708. The quantitative estimate of drug-likeness (QED) is 0.865. The Labute approximate surface area is 142 Å². The number of rotatable bonds is 4. The van der Waals surface area contributed by atoms with Gasteiger partial charge in [0.15, 0.2) is 0 Å². The standard InChI is InChI=1S/C18H24N4O2/c1-13-19-14(2)22(20-13)17-5-4-10-21(11-17)18(23)16-8-6-15(7-9-16)12-24-3/h6-9,17H,4-5,10-12H2,1-3H3/t17-/m1/s1. The van der Waals surface area contributed by atoms with E-state index in [-0.39, 0.29) is 11.9 Å². The summed E-state index contributed by atoms with van der Waals surface area (Å²) in [4.78, 5) is 19.1. The Hall–Kier alpha value is -2.21. The summed E-state index contributed by atoms with van der Waals surface area (Å²) >= 11 is 0. The number of likely N-dealkylation sites (tertiary alicyclic amines) is 1. The van der Waals surface area contributed by atoms with Crippen molar-refractivity contribution in [3.63, 3.8) is 0 Å². The van der Waals surface area contributed by atoms with Crippen LogP contribution in [0, 0.1) is 13.8 Å². The molecule has 0 spiro atoms. The molecule has 2 heterocycles. The summed E-state index contributed by atoms with van der Waals surface area (Å²) in [6, 6.07) is 7.86. The summed E-state index contributed by atoms with van der Waals surface area (Å²) < 4.78 is 7.08. The lowest BCUT2D eigenvalue weighted by Crippen LogP contribution is -2.41. The van der Waals surface area contributed by atoms with Gasteiger partial charge in [-0.3, -0.25) is 4.79 Å². The van der Waals surface area contributed by atoms with E-state index in [1.54, 1.807) is 7.11 Å². The number of aryl methyl sites for hydroxylation is 2. The minimum absolute atomic E-state index is 0.0816. The summed E-state index contributed by atoms with van der Waals surface area (Å²) in [7, 11) is 1.67. The first-order chi connectivity index (χ1) is 11.6. The van der Waals surface area contributed by atoms with Crippen molar-refractivity contribution in [2.24, 2.45) is 0 Å². The van der Waals surface area contributed by atoms with Crippen molar-refractivity contribution in [2.45, 2.75) is 39.3 Å². The average molecular weight is 328 g/mol. The third kappa shape index (κ3) is 3.48. The number of hydrogen-bond acceptors (Lipinski definition) is 4.